The van der Waals surface area contributed by atoms with E-state index in [1.807, 2.05) is 31.2 Å². The molecular weight excluding hydrogens is 302 g/mol. The van der Waals surface area contributed by atoms with Crippen LogP contribution in [-0.4, -0.2) is 43.7 Å². The SMILES string of the molecule is CCOc1cccc(CNC(=O)NCCCN2CCC(C)CC2)c1. The van der Waals surface area contributed by atoms with E-state index in [0.29, 0.717) is 13.2 Å². The lowest BCUT2D eigenvalue weighted by atomic mass is 9.99. The van der Waals surface area contributed by atoms with Crippen molar-refractivity contribution in [2.24, 2.45) is 5.92 Å². The van der Waals surface area contributed by atoms with Gasteiger partial charge in [-0.2, -0.15) is 0 Å². The summed E-state index contributed by atoms with van der Waals surface area (Å²) in [7, 11) is 0. The van der Waals surface area contributed by atoms with Crippen LogP contribution in [0.15, 0.2) is 24.3 Å². The highest BCUT2D eigenvalue weighted by atomic mass is 16.5. The van der Waals surface area contributed by atoms with Crippen molar-refractivity contribution >= 4 is 6.03 Å². The number of likely N-dealkylation sites (tertiary alicyclic amines) is 1. The van der Waals surface area contributed by atoms with E-state index in [1.165, 1.54) is 25.9 Å². The Bertz CT molecular complexity index is 499. The molecule has 0 aliphatic carbocycles. The number of hydrogen-bond donors (Lipinski definition) is 2. The fourth-order valence-electron chi connectivity index (χ4n) is 2.95. The van der Waals surface area contributed by atoms with Gasteiger partial charge in [0.1, 0.15) is 5.75 Å². The van der Waals surface area contributed by atoms with Gasteiger partial charge in [-0.05, 0) is 69.4 Å². The molecule has 0 radical (unpaired) electrons. The molecule has 5 nitrogen and oxygen atoms in total. The molecule has 0 unspecified atom stereocenters. The lowest BCUT2D eigenvalue weighted by Crippen LogP contribution is -2.38. The van der Waals surface area contributed by atoms with Gasteiger partial charge in [0.25, 0.3) is 0 Å². The Morgan fingerprint density at radius 3 is 2.83 bits per heavy atom. The normalized spacial score (nSPS) is 15.9. The molecule has 1 aromatic carbocycles. The summed E-state index contributed by atoms with van der Waals surface area (Å²) in [5, 5.41) is 5.83. The Balaban J connectivity index is 1.57. The summed E-state index contributed by atoms with van der Waals surface area (Å²) in [6.07, 6.45) is 3.60. The minimum atomic E-state index is -0.107. The first-order valence-corrected chi connectivity index (χ1v) is 9.13. The number of nitrogens with zero attached hydrogens (tertiary/aromatic N) is 1. The summed E-state index contributed by atoms with van der Waals surface area (Å²) in [5.41, 5.74) is 1.04. The molecule has 2 amide bonds. The molecule has 2 rings (SSSR count). The molecule has 1 saturated heterocycles. The molecule has 1 aromatic rings. The molecule has 24 heavy (non-hydrogen) atoms. The second-order valence-corrected chi connectivity index (χ2v) is 6.57. The zero-order chi connectivity index (χ0) is 17.2. The van der Waals surface area contributed by atoms with Gasteiger partial charge in [-0.25, -0.2) is 4.79 Å². The molecule has 0 atom stereocenters. The maximum Gasteiger partial charge on any atom is 0.315 e. The Morgan fingerprint density at radius 1 is 1.29 bits per heavy atom. The van der Waals surface area contributed by atoms with E-state index in [4.69, 9.17) is 4.74 Å². The highest BCUT2D eigenvalue weighted by Gasteiger charge is 2.14. The third kappa shape index (κ3) is 6.79. The highest BCUT2D eigenvalue weighted by molar-refractivity contribution is 5.73. The van der Waals surface area contributed by atoms with Crippen LogP contribution in [0.2, 0.25) is 0 Å². The lowest BCUT2D eigenvalue weighted by molar-refractivity contribution is 0.190. The molecular formula is C19H31N3O2. The van der Waals surface area contributed by atoms with Gasteiger partial charge in [0.05, 0.1) is 6.61 Å². The van der Waals surface area contributed by atoms with Gasteiger partial charge in [0, 0.05) is 13.1 Å². The summed E-state index contributed by atoms with van der Waals surface area (Å²) in [6, 6.07) is 7.71. The van der Waals surface area contributed by atoms with Crippen LogP contribution in [-0.2, 0) is 6.54 Å². The Labute approximate surface area is 145 Å². The van der Waals surface area contributed by atoms with Gasteiger partial charge in [0.15, 0.2) is 0 Å². The Kier molecular flexibility index (Phi) is 7.89. The molecule has 0 aromatic heterocycles. The zero-order valence-corrected chi connectivity index (χ0v) is 15.0. The maximum atomic E-state index is 11.9. The minimum absolute atomic E-state index is 0.107. The van der Waals surface area contributed by atoms with Crippen LogP contribution in [0.4, 0.5) is 4.79 Å². The van der Waals surface area contributed by atoms with Crippen LogP contribution in [0.5, 0.6) is 5.75 Å². The molecule has 1 aliphatic rings. The minimum Gasteiger partial charge on any atom is -0.494 e. The number of amides is 2. The average molecular weight is 333 g/mol. The molecule has 1 heterocycles. The smallest absolute Gasteiger partial charge is 0.315 e. The molecule has 1 aliphatic heterocycles. The highest BCUT2D eigenvalue weighted by Crippen LogP contribution is 2.15. The van der Waals surface area contributed by atoms with E-state index in [1.54, 1.807) is 0 Å². The quantitative estimate of drug-likeness (QED) is 0.719. The predicted octanol–water partition coefficient (Wildman–Crippen LogP) is 3.01. The second kappa shape index (κ2) is 10.2. The van der Waals surface area contributed by atoms with Gasteiger partial charge in [0.2, 0.25) is 0 Å². The topological polar surface area (TPSA) is 53.6 Å². The number of nitrogens with one attached hydrogen (secondary N) is 2. The molecule has 5 heteroatoms. The molecule has 2 N–H and O–H groups in total. The van der Waals surface area contributed by atoms with Gasteiger partial charge in [-0.1, -0.05) is 19.1 Å². The fourth-order valence-corrected chi connectivity index (χ4v) is 2.95. The van der Waals surface area contributed by atoms with Crippen LogP contribution < -0.4 is 15.4 Å². The van der Waals surface area contributed by atoms with Crippen molar-refractivity contribution in [2.75, 3.05) is 32.8 Å². The summed E-state index contributed by atoms with van der Waals surface area (Å²) >= 11 is 0. The van der Waals surface area contributed by atoms with Crippen molar-refractivity contribution in [1.82, 2.24) is 15.5 Å². The number of ether oxygens (including phenoxy) is 1. The van der Waals surface area contributed by atoms with Crippen molar-refractivity contribution in [3.05, 3.63) is 29.8 Å². The van der Waals surface area contributed by atoms with Crippen LogP contribution in [0.1, 0.15) is 38.7 Å². The number of urea groups is 1. The monoisotopic (exact) mass is 333 g/mol. The van der Waals surface area contributed by atoms with Crippen molar-refractivity contribution in [3.63, 3.8) is 0 Å². The fraction of sp³-hybridized carbons (Fsp3) is 0.632. The van der Waals surface area contributed by atoms with E-state index in [-0.39, 0.29) is 6.03 Å². The van der Waals surface area contributed by atoms with Crippen molar-refractivity contribution < 1.29 is 9.53 Å². The molecule has 1 fully saturated rings. The van der Waals surface area contributed by atoms with E-state index >= 15 is 0 Å². The molecule has 0 spiro atoms. The van der Waals surface area contributed by atoms with E-state index < -0.39 is 0 Å². The van der Waals surface area contributed by atoms with Crippen LogP contribution in [0.3, 0.4) is 0 Å². The Hall–Kier alpha value is -1.75. The summed E-state index contributed by atoms with van der Waals surface area (Å²) in [4.78, 5) is 14.4. The van der Waals surface area contributed by atoms with Gasteiger partial charge in [-0.3, -0.25) is 0 Å². The van der Waals surface area contributed by atoms with Gasteiger partial charge >= 0.3 is 6.03 Å². The van der Waals surface area contributed by atoms with Crippen LogP contribution >= 0.6 is 0 Å². The van der Waals surface area contributed by atoms with Gasteiger partial charge in [-0.15, -0.1) is 0 Å². The number of piperidine rings is 1. The van der Waals surface area contributed by atoms with Crippen molar-refractivity contribution in [2.45, 2.75) is 39.7 Å². The molecule has 0 saturated carbocycles. The zero-order valence-electron chi connectivity index (χ0n) is 15.0. The Morgan fingerprint density at radius 2 is 2.08 bits per heavy atom. The van der Waals surface area contributed by atoms with Crippen LogP contribution in [0.25, 0.3) is 0 Å². The number of carbonyl (C=O) groups excluding carboxylic acids is 1. The number of hydrogen-bond acceptors (Lipinski definition) is 3. The first-order valence-electron chi connectivity index (χ1n) is 9.13. The number of carbonyl (C=O) groups is 1. The van der Waals surface area contributed by atoms with E-state index in [9.17, 15) is 4.79 Å². The van der Waals surface area contributed by atoms with Gasteiger partial charge < -0.3 is 20.3 Å². The average Bonchev–Trinajstić information content (AvgIpc) is 2.59. The summed E-state index contributed by atoms with van der Waals surface area (Å²) < 4.78 is 5.46. The second-order valence-electron chi connectivity index (χ2n) is 6.57. The number of benzene rings is 1. The number of rotatable bonds is 8. The first kappa shape index (κ1) is 18.6. The molecule has 134 valence electrons. The van der Waals surface area contributed by atoms with E-state index in [0.717, 1.165) is 36.7 Å². The van der Waals surface area contributed by atoms with Crippen molar-refractivity contribution in [3.8, 4) is 5.75 Å². The summed E-state index contributed by atoms with van der Waals surface area (Å²) in [5.74, 6) is 1.71. The summed E-state index contributed by atoms with van der Waals surface area (Å²) in [6.45, 7) is 9.63. The third-order valence-electron chi connectivity index (χ3n) is 4.48. The standard InChI is InChI=1S/C19H31N3O2/c1-3-24-18-7-4-6-17(14-18)15-21-19(23)20-10-5-11-22-12-8-16(2)9-13-22/h4,6-7,14,16H,3,5,8-13,15H2,1-2H3,(H2,20,21,23). The lowest BCUT2D eigenvalue weighted by Gasteiger charge is -2.30. The van der Waals surface area contributed by atoms with Crippen LogP contribution in [0, 0.1) is 5.92 Å². The maximum absolute atomic E-state index is 11.9. The third-order valence-corrected chi connectivity index (χ3v) is 4.48. The van der Waals surface area contributed by atoms with E-state index in [2.05, 4.69) is 22.5 Å². The first-order chi connectivity index (χ1) is 11.7. The predicted molar refractivity (Wildman–Crippen MR) is 97.3 cm³/mol. The largest absolute Gasteiger partial charge is 0.494 e. The molecule has 0 bridgehead atoms. The van der Waals surface area contributed by atoms with Crippen molar-refractivity contribution in [1.29, 1.82) is 0 Å².